The number of hydrogen-bond donors (Lipinski definition) is 0. The highest BCUT2D eigenvalue weighted by atomic mass is 16.5. The van der Waals surface area contributed by atoms with Gasteiger partial charge in [-0.15, -0.1) is 0 Å². The van der Waals surface area contributed by atoms with Crippen molar-refractivity contribution in [3.63, 3.8) is 0 Å². The molecule has 15 heavy (non-hydrogen) atoms. The Balaban J connectivity index is 1.86. The standard InChI is InChI=1S/C12H14O3/c13-10-3-1-7-2-4-11-8(5-9(7)10)6-12(14)15-11/h2,8-9,11H,1,3-6H2. The average molecular weight is 206 g/mol. The lowest BCUT2D eigenvalue weighted by Gasteiger charge is -2.15. The summed E-state index contributed by atoms with van der Waals surface area (Å²) in [4.78, 5) is 22.8. The highest BCUT2D eigenvalue weighted by Crippen LogP contribution is 2.41. The Labute approximate surface area is 88.5 Å². The highest BCUT2D eigenvalue weighted by Gasteiger charge is 2.41. The lowest BCUT2D eigenvalue weighted by atomic mass is 9.88. The van der Waals surface area contributed by atoms with E-state index in [9.17, 15) is 9.59 Å². The molecule has 0 amide bonds. The minimum atomic E-state index is -0.0905. The second-order valence-electron chi connectivity index (χ2n) is 4.76. The van der Waals surface area contributed by atoms with E-state index in [1.54, 1.807) is 0 Å². The van der Waals surface area contributed by atoms with E-state index >= 15 is 0 Å². The number of ether oxygens (including phenoxy) is 1. The molecule has 3 heteroatoms. The maximum absolute atomic E-state index is 11.7. The largest absolute Gasteiger partial charge is 0.462 e. The minimum absolute atomic E-state index is 0.0448. The Kier molecular flexibility index (Phi) is 1.94. The van der Waals surface area contributed by atoms with Gasteiger partial charge in [-0.25, -0.2) is 0 Å². The molecule has 1 saturated heterocycles. The molecular weight excluding hydrogens is 192 g/mol. The first-order chi connectivity index (χ1) is 7.24. The molecule has 0 bridgehead atoms. The van der Waals surface area contributed by atoms with Gasteiger partial charge >= 0.3 is 5.97 Å². The van der Waals surface area contributed by atoms with Crippen LogP contribution in [0.3, 0.4) is 0 Å². The molecule has 0 spiro atoms. The lowest BCUT2D eigenvalue weighted by molar-refractivity contribution is -0.141. The van der Waals surface area contributed by atoms with Crippen LogP contribution in [0.25, 0.3) is 0 Å². The number of allylic oxidation sites excluding steroid dienone is 1. The van der Waals surface area contributed by atoms with Crippen LogP contribution in [0, 0.1) is 11.8 Å². The maximum Gasteiger partial charge on any atom is 0.306 e. The fraction of sp³-hybridized carbons (Fsp3) is 0.667. The van der Waals surface area contributed by atoms with Gasteiger partial charge in [-0.1, -0.05) is 11.6 Å². The summed E-state index contributed by atoms with van der Waals surface area (Å²) in [7, 11) is 0. The van der Waals surface area contributed by atoms with E-state index in [-0.39, 0.29) is 23.9 Å². The Hall–Kier alpha value is -1.12. The molecular formula is C12H14O3. The third-order valence-corrected chi connectivity index (χ3v) is 3.88. The van der Waals surface area contributed by atoms with E-state index < -0.39 is 0 Å². The molecule has 1 aliphatic heterocycles. The monoisotopic (exact) mass is 206 g/mol. The number of fused-ring (bicyclic) bond motifs is 2. The van der Waals surface area contributed by atoms with Crippen LogP contribution in [0.2, 0.25) is 0 Å². The first-order valence-electron chi connectivity index (χ1n) is 5.65. The number of carbonyl (C=O) groups excluding carboxylic acids is 2. The Morgan fingerprint density at radius 2 is 2.13 bits per heavy atom. The molecule has 0 aromatic carbocycles. The molecule has 0 N–H and O–H groups in total. The van der Waals surface area contributed by atoms with Gasteiger partial charge in [0.2, 0.25) is 0 Å². The van der Waals surface area contributed by atoms with E-state index in [1.807, 2.05) is 0 Å². The third kappa shape index (κ3) is 1.41. The van der Waals surface area contributed by atoms with E-state index in [0.717, 1.165) is 19.3 Å². The fourth-order valence-corrected chi connectivity index (χ4v) is 3.05. The molecule has 3 nitrogen and oxygen atoms in total. The van der Waals surface area contributed by atoms with Crippen LogP contribution in [0.15, 0.2) is 11.6 Å². The van der Waals surface area contributed by atoms with Gasteiger partial charge in [0.15, 0.2) is 0 Å². The van der Waals surface area contributed by atoms with Gasteiger partial charge in [-0.3, -0.25) is 9.59 Å². The van der Waals surface area contributed by atoms with E-state index in [2.05, 4.69) is 6.08 Å². The zero-order chi connectivity index (χ0) is 10.4. The second kappa shape index (κ2) is 3.19. The SMILES string of the molecule is O=C1CC2CC3C(=O)CCC3=CCC2O1. The summed E-state index contributed by atoms with van der Waals surface area (Å²) in [6, 6.07) is 0. The summed E-state index contributed by atoms with van der Waals surface area (Å²) < 4.78 is 5.25. The highest BCUT2D eigenvalue weighted by molar-refractivity contribution is 5.87. The van der Waals surface area contributed by atoms with Crippen molar-refractivity contribution in [2.75, 3.05) is 0 Å². The smallest absolute Gasteiger partial charge is 0.306 e. The van der Waals surface area contributed by atoms with E-state index in [4.69, 9.17) is 4.74 Å². The first-order valence-corrected chi connectivity index (χ1v) is 5.65. The topological polar surface area (TPSA) is 43.4 Å². The zero-order valence-electron chi connectivity index (χ0n) is 8.57. The number of rotatable bonds is 0. The van der Waals surface area contributed by atoms with Crippen molar-refractivity contribution in [2.45, 2.75) is 38.2 Å². The van der Waals surface area contributed by atoms with Crippen molar-refractivity contribution in [1.29, 1.82) is 0 Å². The van der Waals surface area contributed by atoms with Crippen LogP contribution in [0.1, 0.15) is 32.1 Å². The predicted octanol–water partition coefficient (Wildman–Crippen LogP) is 1.62. The van der Waals surface area contributed by atoms with Crippen molar-refractivity contribution < 1.29 is 14.3 Å². The molecule has 3 aliphatic rings. The number of ketones is 1. The molecule has 0 radical (unpaired) electrons. The number of Topliss-reactive ketones (excluding diaryl/α,β-unsaturated/α-hetero) is 1. The molecule has 3 atom stereocenters. The van der Waals surface area contributed by atoms with Gasteiger partial charge in [0, 0.05) is 24.7 Å². The first kappa shape index (κ1) is 9.13. The predicted molar refractivity (Wildman–Crippen MR) is 53.0 cm³/mol. The normalized spacial score (nSPS) is 39.2. The summed E-state index contributed by atoms with van der Waals surface area (Å²) in [6.07, 6.45) is 5.97. The molecule has 3 unspecified atom stereocenters. The van der Waals surface area contributed by atoms with Crippen molar-refractivity contribution >= 4 is 11.8 Å². The average Bonchev–Trinajstić information content (AvgIpc) is 2.66. The van der Waals surface area contributed by atoms with Crippen LogP contribution < -0.4 is 0 Å². The zero-order valence-corrected chi connectivity index (χ0v) is 8.57. The van der Waals surface area contributed by atoms with Crippen LogP contribution >= 0.6 is 0 Å². The van der Waals surface area contributed by atoms with Crippen LogP contribution in [-0.4, -0.2) is 17.9 Å². The molecule has 3 rings (SSSR count). The summed E-state index contributed by atoms with van der Waals surface area (Å²) in [5.41, 5.74) is 1.30. The maximum atomic E-state index is 11.7. The van der Waals surface area contributed by atoms with Gasteiger partial charge in [0.25, 0.3) is 0 Å². The van der Waals surface area contributed by atoms with Gasteiger partial charge in [-0.05, 0) is 12.8 Å². The Bertz CT molecular complexity index is 356. The number of carbonyl (C=O) groups is 2. The molecule has 0 aromatic rings. The lowest BCUT2D eigenvalue weighted by Crippen LogP contribution is -2.18. The molecule has 1 heterocycles. The van der Waals surface area contributed by atoms with Crippen molar-refractivity contribution in [1.82, 2.24) is 0 Å². The van der Waals surface area contributed by atoms with Crippen LogP contribution in [-0.2, 0) is 14.3 Å². The molecule has 80 valence electrons. The number of hydrogen-bond acceptors (Lipinski definition) is 3. The third-order valence-electron chi connectivity index (χ3n) is 3.88. The summed E-state index contributed by atoms with van der Waals surface area (Å²) in [6.45, 7) is 0. The van der Waals surface area contributed by atoms with Gasteiger partial charge in [0.1, 0.15) is 11.9 Å². The molecule has 1 saturated carbocycles. The van der Waals surface area contributed by atoms with E-state index in [1.165, 1.54) is 5.57 Å². The molecule has 2 aliphatic carbocycles. The Morgan fingerprint density at radius 1 is 1.27 bits per heavy atom. The second-order valence-corrected chi connectivity index (χ2v) is 4.76. The van der Waals surface area contributed by atoms with Crippen molar-refractivity contribution in [3.05, 3.63) is 11.6 Å². The molecule has 2 fully saturated rings. The summed E-state index contributed by atoms with van der Waals surface area (Å²) in [5, 5.41) is 0. The van der Waals surface area contributed by atoms with Gasteiger partial charge in [-0.2, -0.15) is 0 Å². The van der Waals surface area contributed by atoms with Crippen molar-refractivity contribution in [3.8, 4) is 0 Å². The van der Waals surface area contributed by atoms with Gasteiger partial charge in [0.05, 0.1) is 6.42 Å². The Morgan fingerprint density at radius 3 is 3.00 bits per heavy atom. The van der Waals surface area contributed by atoms with Crippen molar-refractivity contribution in [2.24, 2.45) is 11.8 Å². The summed E-state index contributed by atoms with van der Waals surface area (Å²) in [5.74, 6) is 0.654. The van der Waals surface area contributed by atoms with Crippen LogP contribution in [0.4, 0.5) is 0 Å². The van der Waals surface area contributed by atoms with Crippen LogP contribution in [0.5, 0.6) is 0 Å². The van der Waals surface area contributed by atoms with E-state index in [0.29, 0.717) is 18.6 Å². The molecule has 0 aromatic heterocycles. The number of esters is 1. The summed E-state index contributed by atoms with van der Waals surface area (Å²) >= 11 is 0. The quantitative estimate of drug-likeness (QED) is 0.447. The van der Waals surface area contributed by atoms with Gasteiger partial charge < -0.3 is 4.74 Å². The fourth-order valence-electron chi connectivity index (χ4n) is 3.05. The minimum Gasteiger partial charge on any atom is -0.462 e.